The predicted octanol–water partition coefficient (Wildman–Crippen LogP) is 4.54. The van der Waals surface area contributed by atoms with E-state index in [2.05, 4.69) is 0 Å². The second-order valence-electron chi connectivity index (χ2n) is 7.66. The summed E-state index contributed by atoms with van der Waals surface area (Å²) in [5.41, 5.74) is 0. The maximum atomic E-state index is 13.5. The molecule has 0 fully saturated rings. The minimum Gasteiger partial charge on any atom is -0.850 e. The molecular weight excluding hydrogens is 720 g/mol. The maximum Gasteiger partial charge on any atom is 1.00 e. The first-order valence-electron chi connectivity index (χ1n) is 8.74. The van der Waals surface area contributed by atoms with Crippen LogP contribution in [0.1, 0.15) is 0 Å². The molecule has 0 saturated carbocycles. The maximum absolute atomic E-state index is 13.5. The van der Waals surface area contributed by atoms with Crippen LogP contribution in [-0.4, -0.2) is 83.9 Å². The van der Waals surface area contributed by atoms with Gasteiger partial charge in [0.25, 0.3) is 0 Å². The number of alkyl halides is 27. The summed E-state index contributed by atoms with van der Waals surface area (Å²) < 4.78 is 353. The fraction of sp³-hybridized carbons (Fsp3) is 1.00. The molecule has 0 bridgehead atoms. The third-order valence-corrected chi connectivity index (χ3v) is 4.94. The van der Waals surface area contributed by atoms with Gasteiger partial charge in [-0.2, -0.15) is 110 Å². The molecule has 0 N–H and O–H groups in total. The molecule has 0 atom stereocenters. The molecule has 0 aliphatic carbocycles. The first-order chi connectivity index (χ1) is 17.6. The van der Waals surface area contributed by atoms with E-state index in [9.17, 15) is 124 Å². The van der Waals surface area contributed by atoms with Crippen LogP contribution < -0.4 is 34.7 Å². The molecule has 0 aromatic rings. The molecule has 43 heavy (non-hydrogen) atoms. The Bertz CT molecular complexity index is 990. The minimum absolute atomic E-state index is 0. The van der Waals surface area contributed by atoms with Gasteiger partial charge >= 0.3 is 107 Å². The third-order valence-electron chi connectivity index (χ3n) is 4.94. The van der Waals surface area contributed by atoms with Gasteiger partial charge in [-0.1, -0.05) is 6.61 Å². The molecule has 0 saturated heterocycles. The normalized spacial score (nSPS) is 16.7. The molecule has 0 heterocycles. The van der Waals surface area contributed by atoms with Crippen LogP contribution in [0.4, 0.5) is 119 Å². The topological polar surface area (TPSA) is 23.1 Å². The van der Waals surface area contributed by atoms with Crippen LogP contribution in [0.25, 0.3) is 0 Å². The summed E-state index contributed by atoms with van der Waals surface area (Å²) in [5, 5.41) is 9.82. The molecular formula is C14H2F27NaO. The standard InChI is InChI=1S/C14H2F27O.Na/c15-2(16,1-42)3(17,18)4(19,20)5(21,22)6(23,24)7(25,26)8(27,28)9(29,30)10(31,32)11(33,34)12(35,36)13(37,38)14(39,40)41;/h1H2;/q-1;+1. The van der Waals surface area contributed by atoms with Gasteiger partial charge in [0.05, 0.1) is 0 Å². The van der Waals surface area contributed by atoms with Crippen molar-refractivity contribution < 1.29 is 153 Å². The molecule has 0 rings (SSSR count). The number of hydrogen-bond donors (Lipinski definition) is 0. The van der Waals surface area contributed by atoms with Crippen molar-refractivity contribution in [3.63, 3.8) is 0 Å². The summed E-state index contributed by atoms with van der Waals surface area (Å²) in [7, 11) is 0. The van der Waals surface area contributed by atoms with Crippen molar-refractivity contribution in [2.75, 3.05) is 6.61 Å². The zero-order valence-electron chi connectivity index (χ0n) is 18.8. The Morgan fingerprint density at radius 2 is 0.395 bits per heavy atom. The van der Waals surface area contributed by atoms with Crippen LogP contribution in [-0.2, 0) is 0 Å². The average molecular weight is 722 g/mol. The van der Waals surface area contributed by atoms with Crippen molar-refractivity contribution in [1.82, 2.24) is 0 Å². The van der Waals surface area contributed by atoms with Crippen LogP contribution in [0.5, 0.6) is 0 Å². The van der Waals surface area contributed by atoms with Gasteiger partial charge in [-0.25, -0.2) is 8.78 Å². The van der Waals surface area contributed by atoms with E-state index in [4.69, 9.17) is 0 Å². The second kappa shape index (κ2) is 10.8. The van der Waals surface area contributed by atoms with E-state index in [1.807, 2.05) is 0 Å². The molecule has 0 aromatic carbocycles. The van der Waals surface area contributed by atoms with Crippen LogP contribution in [0, 0.1) is 0 Å². The summed E-state index contributed by atoms with van der Waals surface area (Å²) in [5.74, 6) is -110. The third kappa shape index (κ3) is 5.17. The molecule has 0 aliphatic rings. The Morgan fingerprint density at radius 1 is 0.256 bits per heavy atom. The quantitative estimate of drug-likeness (QED) is 0.215. The Balaban J connectivity index is 0. The van der Waals surface area contributed by atoms with Crippen molar-refractivity contribution in [2.24, 2.45) is 0 Å². The first-order valence-corrected chi connectivity index (χ1v) is 8.74. The van der Waals surface area contributed by atoms with E-state index in [0.717, 1.165) is 0 Å². The zero-order chi connectivity index (χ0) is 35.2. The van der Waals surface area contributed by atoms with Crippen LogP contribution in [0.15, 0.2) is 0 Å². The first kappa shape index (κ1) is 44.2. The van der Waals surface area contributed by atoms with Crippen molar-refractivity contribution in [3.05, 3.63) is 0 Å². The summed E-state index contributed by atoms with van der Waals surface area (Å²) in [6, 6.07) is 0. The monoisotopic (exact) mass is 722 g/mol. The van der Waals surface area contributed by atoms with Crippen molar-refractivity contribution in [1.29, 1.82) is 0 Å². The summed E-state index contributed by atoms with van der Waals surface area (Å²) in [4.78, 5) is 0. The van der Waals surface area contributed by atoms with Gasteiger partial charge in [-0.05, 0) is 0 Å². The van der Waals surface area contributed by atoms with Gasteiger partial charge < -0.3 is 5.11 Å². The number of halogens is 27. The van der Waals surface area contributed by atoms with E-state index >= 15 is 0 Å². The molecule has 0 aliphatic heterocycles. The smallest absolute Gasteiger partial charge is 0.850 e. The average Bonchev–Trinajstić information content (AvgIpc) is 2.76. The fourth-order valence-corrected chi connectivity index (χ4v) is 2.27. The van der Waals surface area contributed by atoms with Gasteiger partial charge in [0.15, 0.2) is 0 Å². The van der Waals surface area contributed by atoms with Gasteiger partial charge in [0, 0.05) is 0 Å². The van der Waals surface area contributed by atoms with Crippen molar-refractivity contribution >= 4 is 0 Å². The van der Waals surface area contributed by atoms with Gasteiger partial charge in [-0.3, -0.25) is 0 Å². The number of rotatable bonds is 12. The van der Waals surface area contributed by atoms with E-state index in [0.29, 0.717) is 0 Å². The molecule has 0 spiro atoms. The predicted molar refractivity (Wildman–Crippen MR) is 70.3 cm³/mol. The van der Waals surface area contributed by atoms with Crippen LogP contribution in [0.3, 0.4) is 0 Å². The summed E-state index contributed by atoms with van der Waals surface area (Å²) in [6.07, 6.45) is -8.24. The Labute approximate surface area is 237 Å². The van der Waals surface area contributed by atoms with Crippen LogP contribution >= 0.6 is 0 Å². The molecule has 0 aromatic heterocycles. The van der Waals surface area contributed by atoms with E-state index in [1.54, 1.807) is 0 Å². The Kier molecular flexibility index (Phi) is 11.1. The summed E-state index contributed by atoms with van der Waals surface area (Å²) >= 11 is 0. The zero-order valence-corrected chi connectivity index (χ0v) is 20.8. The van der Waals surface area contributed by atoms with Gasteiger partial charge in [0.1, 0.15) is 0 Å². The molecule has 0 radical (unpaired) electrons. The van der Waals surface area contributed by atoms with Crippen LogP contribution in [0.2, 0.25) is 0 Å². The second-order valence-corrected chi connectivity index (χ2v) is 7.66. The molecule has 254 valence electrons. The van der Waals surface area contributed by atoms with E-state index in [-0.39, 0.29) is 29.6 Å². The van der Waals surface area contributed by atoms with E-state index < -0.39 is 83.9 Å². The largest absolute Gasteiger partial charge is 1.00 e. The van der Waals surface area contributed by atoms with E-state index in [1.165, 1.54) is 0 Å². The molecule has 1 nitrogen and oxygen atoms in total. The van der Waals surface area contributed by atoms with Gasteiger partial charge in [-0.15, -0.1) is 0 Å². The Morgan fingerprint density at radius 3 is 0.535 bits per heavy atom. The molecule has 29 heteroatoms. The van der Waals surface area contributed by atoms with Crippen molar-refractivity contribution in [2.45, 2.75) is 77.2 Å². The SMILES string of the molecule is [Na+].[O-]CC(F)(F)C(F)(F)C(F)(F)C(F)(F)C(F)(F)C(F)(F)C(F)(F)C(F)(F)C(F)(F)C(F)(F)C(F)(F)C(F)(F)C(F)(F)F. The summed E-state index contributed by atoms with van der Waals surface area (Å²) in [6.45, 7) is -4.06. The Hall–Kier alpha value is -0.930. The molecule has 0 unspecified atom stereocenters. The van der Waals surface area contributed by atoms with Crippen molar-refractivity contribution in [3.8, 4) is 0 Å². The fourth-order valence-electron chi connectivity index (χ4n) is 2.27. The van der Waals surface area contributed by atoms with Gasteiger partial charge in [0.2, 0.25) is 0 Å². The molecule has 0 amide bonds. The number of hydrogen-bond acceptors (Lipinski definition) is 1. The minimum atomic E-state index is -9.80.